The average Bonchev–Trinajstić information content (AvgIpc) is 2.74. The SMILES string of the molecule is COc1ccc2cccc(CCCN3CCN(C4CCCCC4)CC3)c2c1.Cl. The van der Waals surface area contributed by atoms with Crippen molar-refractivity contribution in [3.05, 3.63) is 42.0 Å². The molecule has 1 aliphatic heterocycles. The van der Waals surface area contributed by atoms with E-state index in [1.54, 1.807) is 7.11 Å². The second-order valence-electron chi connectivity index (χ2n) is 8.28. The Balaban J connectivity index is 0.00000225. The summed E-state index contributed by atoms with van der Waals surface area (Å²) in [6, 6.07) is 14.0. The van der Waals surface area contributed by atoms with E-state index in [4.69, 9.17) is 4.74 Å². The fourth-order valence-corrected chi connectivity index (χ4v) is 4.95. The molecule has 2 fully saturated rings. The summed E-state index contributed by atoms with van der Waals surface area (Å²) in [4.78, 5) is 5.44. The van der Waals surface area contributed by atoms with Crippen LogP contribution in [0.4, 0.5) is 0 Å². The topological polar surface area (TPSA) is 15.7 Å². The molecule has 2 aromatic carbocycles. The molecule has 1 saturated carbocycles. The van der Waals surface area contributed by atoms with Crippen LogP contribution < -0.4 is 4.74 Å². The number of fused-ring (bicyclic) bond motifs is 1. The molecule has 2 aliphatic rings. The number of piperazine rings is 1. The molecule has 3 nitrogen and oxygen atoms in total. The molecular weight excluding hydrogens is 368 g/mol. The Morgan fingerprint density at radius 3 is 2.50 bits per heavy atom. The first-order valence-corrected chi connectivity index (χ1v) is 10.9. The van der Waals surface area contributed by atoms with Gasteiger partial charge in [-0.3, -0.25) is 4.90 Å². The van der Waals surface area contributed by atoms with Crippen molar-refractivity contribution in [3.8, 4) is 5.75 Å². The van der Waals surface area contributed by atoms with E-state index in [1.165, 1.54) is 87.6 Å². The zero-order chi connectivity index (χ0) is 18.5. The van der Waals surface area contributed by atoms with Crippen molar-refractivity contribution < 1.29 is 4.74 Å². The van der Waals surface area contributed by atoms with E-state index in [-0.39, 0.29) is 12.4 Å². The third kappa shape index (κ3) is 5.20. The quantitative estimate of drug-likeness (QED) is 0.664. The molecule has 0 radical (unpaired) electrons. The maximum absolute atomic E-state index is 5.42. The normalized spacial score (nSPS) is 19.5. The molecule has 0 amide bonds. The number of hydrogen-bond acceptors (Lipinski definition) is 3. The molecule has 0 aromatic heterocycles. The van der Waals surface area contributed by atoms with Gasteiger partial charge in [-0.15, -0.1) is 12.4 Å². The summed E-state index contributed by atoms with van der Waals surface area (Å²) in [5.41, 5.74) is 1.45. The zero-order valence-electron chi connectivity index (χ0n) is 17.2. The lowest BCUT2D eigenvalue weighted by atomic mass is 9.94. The number of nitrogens with zero attached hydrogens (tertiary/aromatic N) is 2. The Kier molecular flexibility index (Phi) is 8.01. The van der Waals surface area contributed by atoms with Crippen molar-refractivity contribution in [2.75, 3.05) is 39.8 Å². The molecule has 1 saturated heterocycles. The summed E-state index contributed by atoms with van der Waals surface area (Å²) < 4.78 is 5.42. The molecule has 0 N–H and O–H groups in total. The predicted octanol–water partition coefficient (Wildman–Crippen LogP) is 5.15. The molecule has 0 unspecified atom stereocenters. The highest BCUT2D eigenvalue weighted by atomic mass is 35.5. The van der Waals surface area contributed by atoms with Crippen molar-refractivity contribution in [1.29, 1.82) is 0 Å². The summed E-state index contributed by atoms with van der Waals surface area (Å²) in [6.45, 7) is 6.27. The van der Waals surface area contributed by atoms with Gasteiger partial charge in [-0.25, -0.2) is 0 Å². The van der Waals surface area contributed by atoms with E-state index in [2.05, 4.69) is 46.2 Å². The molecule has 1 heterocycles. The molecule has 28 heavy (non-hydrogen) atoms. The summed E-state index contributed by atoms with van der Waals surface area (Å²) in [5.74, 6) is 0.953. The van der Waals surface area contributed by atoms with E-state index in [0.717, 1.165) is 18.2 Å². The number of aryl methyl sites for hydroxylation is 1. The van der Waals surface area contributed by atoms with Crippen LogP contribution in [-0.4, -0.2) is 55.7 Å². The molecule has 1 aliphatic carbocycles. The maximum Gasteiger partial charge on any atom is 0.119 e. The van der Waals surface area contributed by atoms with Crippen molar-refractivity contribution >= 4 is 23.2 Å². The molecular formula is C24H35ClN2O. The monoisotopic (exact) mass is 402 g/mol. The maximum atomic E-state index is 5.42. The Hall–Kier alpha value is -1.29. The van der Waals surface area contributed by atoms with Crippen molar-refractivity contribution in [2.24, 2.45) is 0 Å². The number of benzene rings is 2. The minimum Gasteiger partial charge on any atom is -0.497 e. The molecule has 0 atom stereocenters. The highest BCUT2D eigenvalue weighted by Gasteiger charge is 2.24. The van der Waals surface area contributed by atoms with Gasteiger partial charge < -0.3 is 9.64 Å². The van der Waals surface area contributed by atoms with Gasteiger partial charge in [0.1, 0.15) is 5.75 Å². The summed E-state index contributed by atoms with van der Waals surface area (Å²) in [6.07, 6.45) is 9.60. The molecule has 0 spiro atoms. The smallest absolute Gasteiger partial charge is 0.119 e. The van der Waals surface area contributed by atoms with Crippen LogP contribution in [0.25, 0.3) is 10.8 Å². The highest BCUT2D eigenvalue weighted by molar-refractivity contribution is 5.87. The van der Waals surface area contributed by atoms with Crippen LogP contribution in [0, 0.1) is 0 Å². The molecule has 4 heteroatoms. The minimum absolute atomic E-state index is 0. The number of ether oxygens (including phenoxy) is 1. The third-order valence-corrected chi connectivity index (χ3v) is 6.60. The van der Waals surface area contributed by atoms with Crippen LogP contribution in [-0.2, 0) is 6.42 Å². The summed E-state index contributed by atoms with van der Waals surface area (Å²) in [5, 5.41) is 2.66. The Morgan fingerprint density at radius 1 is 0.964 bits per heavy atom. The van der Waals surface area contributed by atoms with Crippen molar-refractivity contribution in [2.45, 2.75) is 51.0 Å². The Morgan fingerprint density at radius 2 is 1.75 bits per heavy atom. The first-order valence-electron chi connectivity index (χ1n) is 10.9. The van der Waals surface area contributed by atoms with Gasteiger partial charge >= 0.3 is 0 Å². The van der Waals surface area contributed by atoms with Crippen LogP contribution in [0.1, 0.15) is 44.1 Å². The van der Waals surface area contributed by atoms with Gasteiger partial charge in [0.15, 0.2) is 0 Å². The number of hydrogen-bond donors (Lipinski definition) is 0. The summed E-state index contributed by atoms with van der Waals surface area (Å²) in [7, 11) is 1.75. The summed E-state index contributed by atoms with van der Waals surface area (Å²) >= 11 is 0. The number of halogens is 1. The van der Waals surface area contributed by atoms with Crippen LogP contribution in [0.15, 0.2) is 36.4 Å². The van der Waals surface area contributed by atoms with Gasteiger partial charge in [-0.05, 0) is 60.7 Å². The van der Waals surface area contributed by atoms with E-state index >= 15 is 0 Å². The first kappa shape index (κ1) is 21.4. The van der Waals surface area contributed by atoms with Gasteiger partial charge in [0.25, 0.3) is 0 Å². The van der Waals surface area contributed by atoms with E-state index in [9.17, 15) is 0 Å². The Bertz CT molecular complexity index is 736. The van der Waals surface area contributed by atoms with E-state index in [1.807, 2.05) is 0 Å². The molecule has 154 valence electrons. The van der Waals surface area contributed by atoms with Gasteiger partial charge in [0.2, 0.25) is 0 Å². The van der Waals surface area contributed by atoms with Crippen LogP contribution in [0.2, 0.25) is 0 Å². The standard InChI is InChI=1S/C24H34N2O.ClH/c1-27-23-13-12-21-8-5-7-20(24(21)19-23)9-6-14-25-15-17-26(18-16-25)22-10-3-2-4-11-22;/h5,7-8,12-13,19,22H,2-4,6,9-11,14-18H2,1H3;1H. The lowest BCUT2D eigenvalue weighted by molar-refractivity contribution is 0.0785. The van der Waals surface area contributed by atoms with Crippen molar-refractivity contribution in [3.63, 3.8) is 0 Å². The van der Waals surface area contributed by atoms with E-state index < -0.39 is 0 Å². The van der Waals surface area contributed by atoms with Crippen LogP contribution in [0.3, 0.4) is 0 Å². The van der Waals surface area contributed by atoms with Crippen LogP contribution in [0.5, 0.6) is 5.75 Å². The zero-order valence-corrected chi connectivity index (χ0v) is 18.1. The third-order valence-electron chi connectivity index (χ3n) is 6.60. The van der Waals surface area contributed by atoms with Gasteiger partial charge in [0, 0.05) is 32.2 Å². The molecule has 4 rings (SSSR count). The lowest BCUT2D eigenvalue weighted by Crippen LogP contribution is -2.50. The fraction of sp³-hybridized carbons (Fsp3) is 0.583. The molecule has 2 aromatic rings. The molecule has 0 bridgehead atoms. The van der Waals surface area contributed by atoms with Crippen molar-refractivity contribution in [1.82, 2.24) is 9.80 Å². The average molecular weight is 403 g/mol. The fourth-order valence-electron chi connectivity index (χ4n) is 4.95. The highest BCUT2D eigenvalue weighted by Crippen LogP contribution is 2.26. The van der Waals surface area contributed by atoms with Gasteiger partial charge in [-0.2, -0.15) is 0 Å². The first-order chi connectivity index (χ1) is 13.3. The lowest BCUT2D eigenvalue weighted by Gasteiger charge is -2.40. The largest absolute Gasteiger partial charge is 0.497 e. The van der Waals surface area contributed by atoms with Gasteiger partial charge in [0.05, 0.1) is 7.11 Å². The number of methoxy groups -OCH3 is 1. The Labute approximate surface area is 176 Å². The van der Waals surface area contributed by atoms with Gasteiger partial charge in [-0.1, -0.05) is 43.5 Å². The minimum atomic E-state index is 0. The number of rotatable bonds is 6. The second kappa shape index (κ2) is 10.5. The van der Waals surface area contributed by atoms with E-state index in [0.29, 0.717) is 0 Å². The van der Waals surface area contributed by atoms with Crippen LogP contribution >= 0.6 is 12.4 Å². The second-order valence-corrected chi connectivity index (χ2v) is 8.28. The predicted molar refractivity (Wildman–Crippen MR) is 121 cm³/mol.